The molecule has 1 amide bonds. The van der Waals surface area contributed by atoms with Gasteiger partial charge in [-0.25, -0.2) is 4.98 Å². The van der Waals surface area contributed by atoms with Gasteiger partial charge in [-0.1, -0.05) is 18.2 Å². The number of ether oxygens (including phenoxy) is 2. The number of carbonyl (C=O) groups is 1. The van der Waals surface area contributed by atoms with Crippen LogP contribution in [0.15, 0.2) is 79.0 Å². The number of amides is 1. The highest BCUT2D eigenvalue weighted by Gasteiger charge is 2.12. The zero-order valence-electron chi connectivity index (χ0n) is 18.5. The Hall–Kier alpha value is -4.26. The van der Waals surface area contributed by atoms with Crippen molar-refractivity contribution in [3.8, 4) is 11.5 Å². The van der Waals surface area contributed by atoms with Crippen molar-refractivity contribution in [2.75, 3.05) is 19.0 Å². The summed E-state index contributed by atoms with van der Waals surface area (Å²) in [5.74, 6) is 2.05. The fraction of sp³-hybridized carbons (Fsp3) is 0.154. The third-order valence-electron chi connectivity index (χ3n) is 5.68. The van der Waals surface area contributed by atoms with E-state index in [-0.39, 0.29) is 12.5 Å². The number of benzene rings is 3. The molecule has 0 fully saturated rings. The fourth-order valence-corrected chi connectivity index (χ4v) is 3.92. The second-order valence-electron chi connectivity index (χ2n) is 7.81. The van der Waals surface area contributed by atoms with Crippen LogP contribution in [-0.4, -0.2) is 33.7 Å². The molecule has 0 aliphatic heterocycles. The van der Waals surface area contributed by atoms with Gasteiger partial charge in [0.15, 0.2) is 6.61 Å². The van der Waals surface area contributed by atoms with E-state index in [0.29, 0.717) is 18.0 Å². The molecular weight excluding hydrogens is 416 g/mol. The normalized spacial score (nSPS) is 11.1. The van der Waals surface area contributed by atoms with Crippen LogP contribution in [0.2, 0.25) is 0 Å². The lowest BCUT2D eigenvalue weighted by molar-refractivity contribution is -0.118. The number of aromatic nitrogens is 3. The maximum absolute atomic E-state index is 12.4. The zero-order chi connectivity index (χ0) is 22.8. The molecule has 2 heterocycles. The largest absolute Gasteiger partial charge is 0.497 e. The quantitative estimate of drug-likeness (QED) is 0.402. The summed E-state index contributed by atoms with van der Waals surface area (Å²) in [6.45, 7) is 0.578. The number of nitrogens with zero attached hydrogens (tertiary/aromatic N) is 3. The van der Waals surface area contributed by atoms with Crippen molar-refractivity contribution < 1.29 is 14.3 Å². The summed E-state index contributed by atoms with van der Waals surface area (Å²) in [4.78, 5) is 17.2. The van der Waals surface area contributed by atoms with Crippen LogP contribution in [0.25, 0.3) is 21.9 Å². The van der Waals surface area contributed by atoms with Crippen LogP contribution >= 0.6 is 0 Å². The van der Waals surface area contributed by atoms with E-state index in [1.807, 2.05) is 37.4 Å². The lowest BCUT2D eigenvalue weighted by Crippen LogP contribution is -2.20. The molecule has 0 spiro atoms. The molecule has 0 saturated heterocycles. The van der Waals surface area contributed by atoms with Gasteiger partial charge in [0, 0.05) is 24.4 Å². The molecule has 2 aromatic heterocycles. The van der Waals surface area contributed by atoms with Crippen molar-refractivity contribution in [1.82, 2.24) is 14.1 Å². The SMILES string of the molecule is COc1ccc(OCC(=O)Nc2ccc3c(c2)nc(Cn2ccc4ccccc42)n3C)cc1. The highest BCUT2D eigenvalue weighted by molar-refractivity contribution is 5.94. The van der Waals surface area contributed by atoms with Crippen LogP contribution in [0.5, 0.6) is 11.5 Å². The van der Waals surface area contributed by atoms with E-state index < -0.39 is 0 Å². The van der Waals surface area contributed by atoms with E-state index in [2.05, 4.69) is 38.8 Å². The molecule has 166 valence electrons. The standard InChI is InChI=1S/C26H24N4O3/c1-29-24-12-7-19(27-26(31)17-33-21-10-8-20(32-2)9-11-21)15-22(24)28-25(29)16-30-14-13-18-5-3-4-6-23(18)30/h3-15H,16-17H2,1-2H3,(H,27,31). The Labute approximate surface area is 191 Å². The number of imidazole rings is 1. The van der Waals surface area contributed by atoms with Crippen molar-refractivity contribution in [3.05, 3.63) is 84.8 Å². The molecule has 0 aliphatic rings. The number of nitrogens with one attached hydrogen (secondary N) is 1. The van der Waals surface area contributed by atoms with Gasteiger partial charge < -0.3 is 23.9 Å². The summed E-state index contributed by atoms with van der Waals surface area (Å²) in [6, 6.07) is 23.3. The average Bonchev–Trinajstić information content (AvgIpc) is 3.39. The number of para-hydroxylation sites is 1. The molecule has 0 radical (unpaired) electrons. The van der Waals surface area contributed by atoms with Crippen LogP contribution in [0, 0.1) is 0 Å². The maximum Gasteiger partial charge on any atom is 0.262 e. The molecular formula is C26H24N4O3. The number of methoxy groups -OCH3 is 1. The minimum Gasteiger partial charge on any atom is -0.497 e. The van der Waals surface area contributed by atoms with Gasteiger partial charge in [0.25, 0.3) is 5.91 Å². The highest BCUT2D eigenvalue weighted by atomic mass is 16.5. The first-order valence-corrected chi connectivity index (χ1v) is 10.7. The van der Waals surface area contributed by atoms with Gasteiger partial charge in [0.1, 0.15) is 17.3 Å². The van der Waals surface area contributed by atoms with Crippen LogP contribution < -0.4 is 14.8 Å². The van der Waals surface area contributed by atoms with Gasteiger partial charge in [-0.15, -0.1) is 0 Å². The van der Waals surface area contributed by atoms with Crippen LogP contribution in [0.4, 0.5) is 5.69 Å². The van der Waals surface area contributed by atoms with Crippen molar-refractivity contribution >= 4 is 33.5 Å². The van der Waals surface area contributed by atoms with E-state index in [1.54, 1.807) is 31.4 Å². The van der Waals surface area contributed by atoms with Gasteiger partial charge in [-0.3, -0.25) is 4.79 Å². The van der Waals surface area contributed by atoms with E-state index in [4.69, 9.17) is 14.5 Å². The Morgan fingerprint density at radius 1 is 0.970 bits per heavy atom. The third kappa shape index (κ3) is 4.25. The van der Waals surface area contributed by atoms with E-state index in [9.17, 15) is 4.79 Å². The number of carbonyl (C=O) groups excluding carboxylic acids is 1. The predicted octanol–water partition coefficient (Wildman–Crippen LogP) is 4.60. The summed E-state index contributed by atoms with van der Waals surface area (Å²) >= 11 is 0. The van der Waals surface area contributed by atoms with Gasteiger partial charge in [-0.05, 0) is 60.0 Å². The van der Waals surface area contributed by atoms with Crippen molar-refractivity contribution in [2.45, 2.75) is 6.54 Å². The smallest absolute Gasteiger partial charge is 0.262 e. The van der Waals surface area contributed by atoms with Gasteiger partial charge in [0.2, 0.25) is 0 Å². The number of rotatable bonds is 7. The minimum atomic E-state index is -0.236. The molecule has 0 saturated carbocycles. The molecule has 0 unspecified atom stereocenters. The Morgan fingerprint density at radius 3 is 2.58 bits per heavy atom. The number of anilines is 1. The van der Waals surface area contributed by atoms with Gasteiger partial charge in [0.05, 0.1) is 24.7 Å². The number of fused-ring (bicyclic) bond motifs is 2. The summed E-state index contributed by atoms with van der Waals surface area (Å²) in [7, 11) is 3.62. The Bertz CT molecular complexity index is 1430. The topological polar surface area (TPSA) is 70.3 Å². The van der Waals surface area contributed by atoms with E-state index in [0.717, 1.165) is 22.6 Å². The molecule has 5 aromatic rings. The average molecular weight is 441 g/mol. The first kappa shape index (κ1) is 20.6. The molecule has 33 heavy (non-hydrogen) atoms. The monoisotopic (exact) mass is 440 g/mol. The zero-order valence-corrected chi connectivity index (χ0v) is 18.5. The lowest BCUT2D eigenvalue weighted by atomic mass is 10.2. The molecule has 0 aliphatic carbocycles. The maximum atomic E-state index is 12.4. The molecule has 1 N–H and O–H groups in total. The van der Waals surface area contributed by atoms with Crippen molar-refractivity contribution in [1.29, 1.82) is 0 Å². The predicted molar refractivity (Wildman–Crippen MR) is 129 cm³/mol. The highest BCUT2D eigenvalue weighted by Crippen LogP contribution is 2.22. The van der Waals surface area contributed by atoms with E-state index >= 15 is 0 Å². The minimum absolute atomic E-state index is 0.0848. The van der Waals surface area contributed by atoms with E-state index in [1.165, 1.54) is 10.9 Å². The Balaban J connectivity index is 1.28. The second kappa shape index (κ2) is 8.70. The molecule has 0 atom stereocenters. The summed E-state index contributed by atoms with van der Waals surface area (Å²) in [6.07, 6.45) is 2.08. The number of hydrogen-bond donors (Lipinski definition) is 1. The molecule has 0 bridgehead atoms. The van der Waals surface area contributed by atoms with Gasteiger partial charge >= 0.3 is 0 Å². The molecule has 5 rings (SSSR count). The summed E-state index contributed by atoms with van der Waals surface area (Å²) in [5.41, 5.74) is 3.70. The summed E-state index contributed by atoms with van der Waals surface area (Å²) in [5, 5.41) is 4.09. The fourth-order valence-electron chi connectivity index (χ4n) is 3.92. The van der Waals surface area contributed by atoms with Crippen molar-refractivity contribution in [2.24, 2.45) is 7.05 Å². The Morgan fingerprint density at radius 2 is 1.76 bits per heavy atom. The van der Waals surface area contributed by atoms with Crippen LogP contribution in [-0.2, 0) is 18.4 Å². The third-order valence-corrected chi connectivity index (χ3v) is 5.68. The number of aryl methyl sites for hydroxylation is 1. The van der Waals surface area contributed by atoms with Crippen LogP contribution in [0.3, 0.4) is 0 Å². The molecule has 7 nitrogen and oxygen atoms in total. The molecule has 3 aromatic carbocycles. The van der Waals surface area contributed by atoms with Gasteiger partial charge in [-0.2, -0.15) is 0 Å². The number of hydrogen-bond acceptors (Lipinski definition) is 4. The lowest BCUT2D eigenvalue weighted by Gasteiger charge is -2.08. The first-order chi connectivity index (χ1) is 16.1. The van der Waals surface area contributed by atoms with Crippen LogP contribution in [0.1, 0.15) is 5.82 Å². The van der Waals surface area contributed by atoms with Crippen molar-refractivity contribution in [3.63, 3.8) is 0 Å². The summed E-state index contributed by atoms with van der Waals surface area (Å²) < 4.78 is 15.0. The molecule has 7 heteroatoms. The second-order valence-corrected chi connectivity index (χ2v) is 7.81. The first-order valence-electron chi connectivity index (χ1n) is 10.7. The Kier molecular flexibility index (Phi) is 5.44.